The van der Waals surface area contributed by atoms with Crippen molar-refractivity contribution >= 4 is 46.1 Å². The van der Waals surface area contributed by atoms with Crippen molar-refractivity contribution in [1.82, 2.24) is 19.4 Å². The minimum absolute atomic E-state index is 0.0655. The first-order valence-corrected chi connectivity index (χ1v) is 12.0. The molecule has 0 bridgehead atoms. The zero-order valence-corrected chi connectivity index (χ0v) is 19.6. The van der Waals surface area contributed by atoms with E-state index in [2.05, 4.69) is 9.55 Å². The Labute approximate surface area is 199 Å². The van der Waals surface area contributed by atoms with Crippen LogP contribution >= 0.6 is 23.4 Å². The average molecular weight is 490 g/mol. The van der Waals surface area contributed by atoms with Crippen molar-refractivity contribution in [3.8, 4) is 11.5 Å². The van der Waals surface area contributed by atoms with Gasteiger partial charge in [-0.1, -0.05) is 11.6 Å². The highest BCUT2D eigenvalue weighted by Crippen LogP contribution is 2.43. The van der Waals surface area contributed by atoms with Crippen LogP contribution < -0.4 is 15.2 Å². The smallest absolute Gasteiger partial charge is 0.251 e. The zero-order chi connectivity index (χ0) is 23.1. The number of halogens is 1. The average Bonchev–Trinajstić information content (AvgIpc) is 3.51. The summed E-state index contributed by atoms with van der Waals surface area (Å²) in [5, 5.41) is 11.0. The van der Waals surface area contributed by atoms with E-state index in [4.69, 9.17) is 31.8 Å². The second-order valence-electron chi connectivity index (χ2n) is 8.14. The molecule has 0 saturated carbocycles. The third-order valence-corrected chi connectivity index (χ3v) is 7.47. The minimum atomic E-state index is -0.996. The number of anilines is 1. The van der Waals surface area contributed by atoms with Crippen molar-refractivity contribution in [2.75, 3.05) is 19.1 Å². The molecule has 2 atom stereocenters. The van der Waals surface area contributed by atoms with E-state index in [-0.39, 0.29) is 18.7 Å². The van der Waals surface area contributed by atoms with Crippen LogP contribution in [0.5, 0.6) is 11.5 Å². The van der Waals surface area contributed by atoms with E-state index in [1.807, 2.05) is 12.1 Å². The Morgan fingerprint density at radius 2 is 2.18 bits per heavy atom. The van der Waals surface area contributed by atoms with Gasteiger partial charge in [0.25, 0.3) is 5.91 Å². The number of nitrogens with two attached hydrogens (primary N) is 1. The molecule has 1 aromatic carbocycles. The quantitative estimate of drug-likeness (QED) is 0.541. The van der Waals surface area contributed by atoms with Crippen LogP contribution in [-0.2, 0) is 11.3 Å². The maximum absolute atomic E-state index is 12.4. The number of rotatable bonds is 6. The molecule has 1 amide bonds. The second-order valence-corrected chi connectivity index (χ2v) is 9.56. The summed E-state index contributed by atoms with van der Waals surface area (Å²) in [5.74, 6) is 1.40. The van der Waals surface area contributed by atoms with Gasteiger partial charge in [-0.25, -0.2) is 9.97 Å². The van der Waals surface area contributed by atoms with E-state index >= 15 is 0 Å². The fourth-order valence-corrected chi connectivity index (χ4v) is 5.59. The normalized spacial score (nSPS) is 18.3. The second kappa shape index (κ2) is 8.92. The molecule has 174 valence electrons. The van der Waals surface area contributed by atoms with Crippen LogP contribution in [0.2, 0.25) is 5.02 Å². The summed E-state index contributed by atoms with van der Waals surface area (Å²) < 4.78 is 13.0. The first-order chi connectivity index (χ1) is 15.9. The van der Waals surface area contributed by atoms with Gasteiger partial charge in [0.2, 0.25) is 6.79 Å². The molecule has 4 heterocycles. The molecule has 11 heteroatoms. The Morgan fingerprint density at radius 3 is 2.97 bits per heavy atom. The molecule has 0 spiro atoms. The van der Waals surface area contributed by atoms with Gasteiger partial charge in [0.1, 0.15) is 11.6 Å². The van der Waals surface area contributed by atoms with Gasteiger partial charge in [-0.15, -0.1) is 0 Å². The number of aromatic nitrogens is 3. The van der Waals surface area contributed by atoms with Crippen molar-refractivity contribution in [2.45, 2.75) is 54.9 Å². The number of likely N-dealkylation sites (tertiary alicyclic amines) is 1. The monoisotopic (exact) mass is 489 g/mol. The number of fused-ring (bicyclic) bond motifs is 2. The van der Waals surface area contributed by atoms with Gasteiger partial charge in [-0.3, -0.25) is 4.79 Å². The lowest BCUT2D eigenvalue weighted by Crippen LogP contribution is -2.41. The Kier molecular flexibility index (Phi) is 5.98. The Balaban J connectivity index is 1.45. The van der Waals surface area contributed by atoms with E-state index in [0.29, 0.717) is 40.9 Å². The summed E-state index contributed by atoms with van der Waals surface area (Å²) in [6, 6.07) is 5.54. The molecule has 2 aliphatic rings. The van der Waals surface area contributed by atoms with Gasteiger partial charge in [0, 0.05) is 36.3 Å². The van der Waals surface area contributed by atoms with Gasteiger partial charge >= 0.3 is 0 Å². The van der Waals surface area contributed by atoms with E-state index < -0.39 is 6.10 Å². The molecule has 2 aromatic heterocycles. The number of nitrogens with zero attached hydrogens (tertiary/aromatic N) is 4. The van der Waals surface area contributed by atoms with Crippen LogP contribution in [0.15, 0.2) is 34.4 Å². The lowest BCUT2D eigenvalue weighted by atomic mass is 10.1. The number of pyridine rings is 1. The van der Waals surface area contributed by atoms with Crippen molar-refractivity contribution in [3.63, 3.8) is 0 Å². The number of nitrogen functional groups attached to an aromatic ring is 1. The molecule has 5 rings (SSSR count). The summed E-state index contributed by atoms with van der Waals surface area (Å²) in [6.07, 6.45) is 3.24. The number of benzene rings is 1. The molecule has 3 N–H and O–H groups in total. The van der Waals surface area contributed by atoms with Crippen LogP contribution in [0.4, 0.5) is 5.82 Å². The van der Waals surface area contributed by atoms with Crippen molar-refractivity contribution < 1.29 is 19.4 Å². The van der Waals surface area contributed by atoms with Crippen LogP contribution in [0.25, 0.3) is 11.0 Å². The molecule has 1 fully saturated rings. The van der Waals surface area contributed by atoms with Gasteiger partial charge in [-0.2, -0.15) is 0 Å². The molecular weight excluding hydrogens is 466 g/mol. The largest absolute Gasteiger partial charge is 0.454 e. The molecule has 0 aliphatic carbocycles. The van der Waals surface area contributed by atoms with E-state index in [1.54, 1.807) is 17.2 Å². The molecule has 9 nitrogen and oxygen atoms in total. The number of ether oxygens (including phenoxy) is 2. The van der Waals surface area contributed by atoms with Gasteiger partial charge in [0.05, 0.1) is 10.5 Å². The van der Waals surface area contributed by atoms with Crippen molar-refractivity contribution in [3.05, 3.63) is 29.4 Å². The number of carbonyl (C=O) groups is 1. The molecule has 3 aromatic rings. The van der Waals surface area contributed by atoms with Gasteiger partial charge < -0.3 is 29.8 Å². The number of imidazole rings is 1. The molecule has 2 aliphatic heterocycles. The van der Waals surface area contributed by atoms with Crippen LogP contribution in [0, 0.1) is 0 Å². The number of aliphatic hydroxyl groups is 1. The molecule has 1 saturated heterocycles. The maximum Gasteiger partial charge on any atom is 0.251 e. The van der Waals surface area contributed by atoms with E-state index in [0.717, 1.165) is 34.8 Å². The topological polar surface area (TPSA) is 116 Å². The first-order valence-electron chi connectivity index (χ1n) is 10.8. The summed E-state index contributed by atoms with van der Waals surface area (Å²) in [5.41, 5.74) is 7.60. The maximum atomic E-state index is 12.4. The standard InChI is InChI=1S/C22H24ClN5O4S/c1-12(29)21(30)27-7-2-3-13(27)5-8-28-15-4-6-25-20(24)19(15)26-22(28)33-18-10-17-16(9-14(18)23)31-11-32-17/h4,6,9-10,12-13,29H,2-3,5,7-8,11H2,1H3,(H2,24,25)/t12-,13?/m0/s1. The highest BCUT2D eigenvalue weighted by Gasteiger charge is 2.31. The van der Waals surface area contributed by atoms with Crippen molar-refractivity contribution in [1.29, 1.82) is 0 Å². The number of aryl methyl sites for hydroxylation is 1. The molecule has 33 heavy (non-hydrogen) atoms. The summed E-state index contributed by atoms with van der Waals surface area (Å²) in [6.45, 7) is 2.98. The SMILES string of the molecule is C[C@H](O)C(=O)N1CCCC1CCn1c(Sc2cc3c(cc2Cl)OCO3)nc2c(N)nccc21. The Hall–Kier alpha value is -2.69. The highest BCUT2D eigenvalue weighted by atomic mass is 35.5. The van der Waals surface area contributed by atoms with E-state index in [9.17, 15) is 9.90 Å². The summed E-state index contributed by atoms with van der Waals surface area (Å²) >= 11 is 7.92. The predicted octanol–water partition coefficient (Wildman–Crippen LogP) is 3.31. The van der Waals surface area contributed by atoms with Gasteiger partial charge in [-0.05, 0) is 50.1 Å². The van der Waals surface area contributed by atoms with Crippen LogP contribution in [-0.4, -0.2) is 55.9 Å². The summed E-state index contributed by atoms with van der Waals surface area (Å²) in [7, 11) is 0. The van der Waals surface area contributed by atoms with Gasteiger partial charge in [0.15, 0.2) is 22.5 Å². The number of amides is 1. The predicted molar refractivity (Wildman–Crippen MR) is 125 cm³/mol. The lowest BCUT2D eigenvalue weighted by molar-refractivity contribution is -0.140. The third kappa shape index (κ3) is 4.18. The Morgan fingerprint density at radius 1 is 1.39 bits per heavy atom. The van der Waals surface area contributed by atoms with Crippen molar-refractivity contribution in [2.24, 2.45) is 0 Å². The number of carbonyl (C=O) groups excluding carboxylic acids is 1. The zero-order valence-electron chi connectivity index (χ0n) is 18.0. The van der Waals surface area contributed by atoms with Crippen LogP contribution in [0.1, 0.15) is 26.2 Å². The lowest BCUT2D eigenvalue weighted by Gasteiger charge is -2.26. The molecular formula is C22H24ClN5O4S. The Bertz CT molecular complexity index is 1220. The molecule has 1 unspecified atom stereocenters. The summed E-state index contributed by atoms with van der Waals surface area (Å²) in [4.78, 5) is 23.9. The number of hydrogen-bond acceptors (Lipinski definition) is 8. The third-order valence-electron chi connectivity index (χ3n) is 5.99. The fourth-order valence-electron chi connectivity index (χ4n) is 4.36. The number of aliphatic hydroxyl groups excluding tert-OH is 1. The van der Waals surface area contributed by atoms with E-state index in [1.165, 1.54) is 18.7 Å². The minimum Gasteiger partial charge on any atom is -0.454 e. The fraction of sp³-hybridized carbons (Fsp3) is 0.409. The first kappa shape index (κ1) is 22.1. The highest BCUT2D eigenvalue weighted by molar-refractivity contribution is 7.99. The molecule has 0 radical (unpaired) electrons. The van der Waals surface area contributed by atoms with Crippen LogP contribution in [0.3, 0.4) is 0 Å². The number of hydrogen-bond donors (Lipinski definition) is 2.